The van der Waals surface area contributed by atoms with Crippen LogP contribution in [0.1, 0.15) is 5.56 Å². The van der Waals surface area contributed by atoms with E-state index in [1.807, 2.05) is 0 Å². The van der Waals surface area contributed by atoms with Crippen LogP contribution in [0.4, 0.5) is 5.69 Å². The Morgan fingerprint density at radius 1 is 0.826 bits per heavy atom. The van der Waals surface area contributed by atoms with Gasteiger partial charge in [-0.15, -0.1) is 0 Å². The van der Waals surface area contributed by atoms with E-state index in [-0.39, 0.29) is 5.75 Å². The minimum atomic E-state index is -3.31. The predicted octanol–water partition coefficient (Wildman–Crippen LogP) is 2.40. The molecule has 0 aliphatic heterocycles. The molecule has 2 aromatic rings. The lowest BCUT2D eigenvalue weighted by Gasteiger charge is -2.08. The van der Waals surface area contributed by atoms with E-state index in [2.05, 4.69) is 4.72 Å². The van der Waals surface area contributed by atoms with Crippen LogP contribution in [-0.4, -0.2) is 29.3 Å². The first-order chi connectivity index (χ1) is 10.6. The molecule has 0 saturated carbocycles. The molecule has 2 rings (SSSR count). The van der Waals surface area contributed by atoms with Crippen molar-refractivity contribution in [2.24, 2.45) is 0 Å². The van der Waals surface area contributed by atoms with Crippen LogP contribution in [0.5, 0.6) is 11.5 Å². The Morgan fingerprint density at radius 2 is 1.30 bits per heavy atom. The van der Waals surface area contributed by atoms with Gasteiger partial charge in [-0.1, -0.05) is 12.1 Å². The highest BCUT2D eigenvalue weighted by molar-refractivity contribution is 7.92. The van der Waals surface area contributed by atoms with Crippen LogP contribution in [0.3, 0.4) is 0 Å². The van der Waals surface area contributed by atoms with Gasteiger partial charge < -0.3 is 4.74 Å². The van der Waals surface area contributed by atoms with Crippen LogP contribution in [0.15, 0.2) is 48.5 Å². The van der Waals surface area contributed by atoms with Gasteiger partial charge >= 0.3 is 0 Å². The molecule has 0 saturated heterocycles. The van der Waals surface area contributed by atoms with Gasteiger partial charge in [0.1, 0.15) is 11.5 Å². The SMILES string of the molecule is CS(=O)(=O)Cc1ccc(Oc2ccc(NS(C)(=O)=O)cc2)cc1. The van der Waals surface area contributed by atoms with Gasteiger partial charge in [-0.2, -0.15) is 0 Å². The Kier molecular flexibility index (Phi) is 4.96. The van der Waals surface area contributed by atoms with Crippen molar-refractivity contribution in [3.05, 3.63) is 54.1 Å². The molecule has 0 aliphatic rings. The van der Waals surface area contributed by atoms with Crippen LogP contribution in [0.2, 0.25) is 0 Å². The van der Waals surface area contributed by atoms with Crippen LogP contribution < -0.4 is 9.46 Å². The van der Waals surface area contributed by atoms with E-state index in [0.717, 1.165) is 6.26 Å². The number of ether oxygens (including phenoxy) is 1. The zero-order chi connectivity index (χ0) is 17.1. The van der Waals surface area contributed by atoms with E-state index in [0.29, 0.717) is 22.7 Å². The molecule has 8 heteroatoms. The zero-order valence-corrected chi connectivity index (χ0v) is 14.3. The highest BCUT2D eigenvalue weighted by Gasteiger charge is 2.05. The molecule has 0 amide bonds. The van der Waals surface area contributed by atoms with Crippen molar-refractivity contribution < 1.29 is 21.6 Å². The summed E-state index contributed by atoms with van der Waals surface area (Å²) in [6, 6.07) is 13.2. The largest absolute Gasteiger partial charge is 0.457 e. The summed E-state index contributed by atoms with van der Waals surface area (Å²) in [5, 5.41) is 0. The summed E-state index contributed by atoms with van der Waals surface area (Å²) in [5.41, 5.74) is 1.14. The standard InChI is InChI=1S/C15H17NO5S2/c1-22(17,18)11-12-3-7-14(8-4-12)21-15-9-5-13(6-10-15)16-23(2,19)20/h3-10,16H,11H2,1-2H3. The van der Waals surface area contributed by atoms with Crippen molar-refractivity contribution in [2.75, 3.05) is 17.2 Å². The predicted molar refractivity (Wildman–Crippen MR) is 90.0 cm³/mol. The van der Waals surface area contributed by atoms with Crippen molar-refractivity contribution in [3.8, 4) is 11.5 Å². The van der Waals surface area contributed by atoms with E-state index in [1.54, 1.807) is 48.5 Å². The van der Waals surface area contributed by atoms with Gasteiger partial charge in [0.25, 0.3) is 0 Å². The van der Waals surface area contributed by atoms with Crippen molar-refractivity contribution in [2.45, 2.75) is 5.75 Å². The summed E-state index contributed by atoms with van der Waals surface area (Å²) in [6.45, 7) is 0. The second kappa shape index (κ2) is 6.59. The van der Waals surface area contributed by atoms with Crippen LogP contribution >= 0.6 is 0 Å². The molecule has 124 valence electrons. The summed E-state index contributed by atoms with van der Waals surface area (Å²) in [5.74, 6) is 1.09. The number of rotatable bonds is 6. The van der Waals surface area contributed by atoms with Crippen LogP contribution in [-0.2, 0) is 25.6 Å². The Morgan fingerprint density at radius 3 is 1.74 bits per heavy atom. The molecule has 0 unspecified atom stereocenters. The molecular formula is C15H17NO5S2. The number of sulfone groups is 1. The summed E-state index contributed by atoms with van der Waals surface area (Å²) in [7, 11) is -6.37. The number of anilines is 1. The molecular weight excluding hydrogens is 338 g/mol. The van der Waals surface area contributed by atoms with Crippen LogP contribution in [0.25, 0.3) is 0 Å². The fourth-order valence-electron chi connectivity index (χ4n) is 1.90. The van der Waals surface area contributed by atoms with Gasteiger partial charge in [-0.25, -0.2) is 16.8 Å². The smallest absolute Gasteiger partial charge is 0.229 e. The summed E-state index contributed by atoms with van der Waals surface area (Å²) in [6.07, 6.45) is 2.26. The van der Waals surface area contributed by atoms with E-state index < -0.39 is 19.9 Å². The zero-order valence-electron chi connectivity index (χ0n) is 12.7. The topological polar surface area (TPSA) is 89.5 Å². The van der Waals surface area contributed by atoms with Crippen molar-refractivity contribution in [3.63, 3.8) is 0 Å². The lowest BCUT2D eigenvalue weighted by atomic mass is 10.2. The average Bonchev–Trinajstić information content (AvgIpc) is 2.40. The third-order valence-corrected chi connectivity index (χ3v) is 4.21. The van der Waals surface area contributed by atoms with Gasteiger partial charge in [0.2, 0.25) is 10.0 Å². The number of benzene rings is 2. The molecule has 0 aliphatic carbocycles. The van der Waals surface area contributed by atoms with Crippen LogP contribution in [0, 0.1) is 0 Å². The van der Waals surface area contributed by atoms with Crippen molar-refractivity contribution in [1.82, 2.24) is 0 Å². The number of sulfonamides is 1. The number of hydrogen-bond donors (Lipinski definition) is 1. The van der Waals surface area contributed by atoms with Gasteiger partial charge in [-0.05, 0) is 42.0 Å². The number of hydrogen-bond acceptors (Lipinski definition) is 5. The Hall–Kier alpha value is -2.06. The Balaban J connectivity index is 2.04. The molecule has 0 atom stereocenters. The van der Waals surface area contributed by atoms with E-state index in [9.17, 15) is 16.8 Å². The van der Waals surface area contributed by atoms with E-state index >= 15 is 0 Å². The van der Waals surface area contributed by atoms with Gasteiger partial charge in [-0.3, -0.25) is 4.72 Å². The fraction of sp³-hybridized carbons (Fsp3) is 0.200. The van der Waals surface area contributed by atoms with Gasteiger partial charge in [0.05, 0.1) is 12.0 Å². The third-order valence-electron chi connectivity index (χ3n) is 2.75. The monoisotopic (exact) mass is 355 g/mol. The maximum Gasteiger partial charge on any atom is 0.229 e. The highest BCUT2D eigenvalue weighted by atomic mass is 32.2. The fourth-order valence-corrected chi connectivity index (χ4v) is 3.26. The lowest BCUT2D eigenvalue weighted by Crippen LogP contribution is -2.09. The molecule has 0 bridgehead atoms. The molecule has 2 aromatic carbocycles. The summed E-state index contributed by atoms with van der Waals surface area (Å²) < 4.78 is 52.7. The molecule has 0 spiro atoms. The average molecular weight is 355 g/mol. The van der Waals surface area contributed by atoms with Crippen molar-refractivity contribution >= 4 is 25.5 Å². The normalized spacial score (nSPS) is 11.9. The van der Waals surface area contributed by atoms with E-state index in [1.165, 1.54) is 6.26 Å². The maximum absolute atomic E-state index is 11.2. The Bertz CT molecular complexity index is 795. The second-order valence-corrected chi connectivity index (χ2v) is 9.10. The van der Waals surface area contributed by atoms with Gasteiger partial charge in [0, 0.05) is 11.9 Å². The summed E-state index contributed by atoms with van der Waals surface area (Å²) in [4.78, 5) is 0. The van der Waals surface area contributed by atoms with E-state index in [4.69, 9.17) is 4.74 Å². The minimum absolute atomic E-state index is 0.0147. The minimum Gasteiger partial charge on any atom is -0.457 e. The number of nitrogens with one attached hydrogen (secondary N) is 1. The quantitative estimate of drug-likeness (QED) is 0.859. The highest BCUT2D eigenvalue weighted by Crippen LogP contribution is 2.24. The van der Waals surface area contributed by atoms with Gasteiger partial charge in [0.15, 0.2) is 9.84 Å². The molecule has 23 heavy (non-hydrogen) atoms. The third kappa shape index (κ3) is 6.29. The first-order valence-electron chi connectivity index (χ1n) is 6.63. The summed E-state index contributed by atoms with van der Waals surface area (Å²) >= 11 is 0. The van der Waals surface area contributed by atoms with Crippen molar-refractivity contribution in [1.29, 1.82) is 0 Å². The molecule has 0 aromatic heterocycles. The second-order valence-electron chi connectivity index (χ2n) is 5.21. The lowest BCUT2D eigenvalue weighted by molar-refractivity contribution is 0.482. The maximum atomic E-state index is 11.2. The molecule has 1 N–H and O–H groups in total. The molecule has 0 radical (unpaired) electrons. The molecule has 0 heterocycles. The first-order valence-corrected chi connectivity index (χ1v) is 10.6. The first kappa shape index (κ1) is 17.3. The molecule has 0 fully saturated rings. The Labute approximate surface area is 136 Å². The molecule has 6 nitrogen and oxygen atoms in total.